The van der Waals surface area contributed by atoms with E-state index in [1.807, 2.05) is 12.1 Å². The molecule has 1 atom stereocenters. The largest absolute Gasteiger partial charge is 0.340 e. The monoisotopic (exact) mass is 346 g/mol. The molecule has 3 rings (SSSR count). The van der Waals surface area contributed by atoms with Gasteiger partial charge < -0.3 is 10.6 Å². The number of hydrogen-bond acceptors (Lipinski definition) is 4. The van der Waals surface area contributed by atoms with E-state index in [1.54, 1.807) is 12.2 Å². The van der Waals surface area contributed by atoms with Crippen LogP contribution < -0.4 is 10.6 Å². The fourth-order valence-corrected chi connectivity index (χ4v) is 3.09. The second-order valence-electron chi connectivity index (χ2n) is 6.59. The molecule has 1 aliphatic rings. The Morgan fingerprint density at radius 1 is 1.23 bits per heavy atom. The van der Waals surface area contributed by atoms with Crippen molar-refractivity contribution in [2.45, 2.75) is 25.7 Å². The molecule has 2 heterocycles. The first kappa shape index (κ1) is 18.1. The summed E-state index contributed by atoms with van der Waals surface area (Å²) in [6.45, 7) is 11.7. The predicted octanol–water partition coefficient (Wildman–Crippen LogP) is 4.59. The number of benzene rings is 1. The summed E-state index contributed by atoms with van der Waals surface area (Å²) in [6.07, 6.45) is 7.64. The number of hydrogen-bond donors (Lipinski definition) is 2. The lowest BCUT2D eigenvalue weighted by molar-refractivity contribution is 0.447. The quantitative estimate of drug-likeness (QED) is 0.751. The van der Waals surface area contributed by atoms with E-state index >= 15 is 0 Å². The van der Waals surface area contributed by atoms with Gasteiger partial charge in [-0.15, -0.1) is 0 Å². The van der Waals surface area contributed by atoms with Crippen LogP contribution in [0, 0.1) is 6.92 Å². The predicted molar refractivity (Wildman–Crippen MR) is 109 cm³/mol. The molecule has 0 saturated carbocycles. The molecule has 2 N–H and O–H groups in total. The van der Waals surface area contributed by atoms with Gasteiger partial charge in [-0.3, -0.25) is 0 Å². The summed E-state index contributed by atoms with van der Waals surface area (Å²) in [4.78, 5) is 9.66. The number of nitrogens with zero attached hydrogens (tertiary/aromatic N) is 2. The van der Waals surface area contributed by atoms with Crippen LogP contribution in [0.15, 0.2) is 67.4 Å². The maximum absolute atomic E-state index is 4.88. The van der Waals surface area contributed by atoms with Crippen LogP contribution in [0.3, 0.4) is 0 Å². The van der Waals surface area contributed by atoms with Crippen LogP contribution in [0.1, 0.15) is 30.1 Å². The summed E-state index contributed by atoms with van der Waals surface area (Å²) >= 11 is 0. The summed E-state index contributed by atoms with van der Waals surface area (Å²) in [7, 11) is 0. The normalized spacial score (nSPS) is 17.6. The van der Waals surface area contributed by atoms with Gasteiger partial charge in [0.05, 0.1) is 5.69 Å². The van der Waals surface area contributed by atoms with E-state index in [0.717, 1.165) is 54.5 Å². The van der Waals surface area contributed by atoms with Crippen LogP contribution in [-0.4, -0.2) is 23.1 Å². The molecule has 2 aromatic rings. The maximum atomic E-state index is 4.88. The molecule has 0 amide bonds. The minimum absolute atomic E-state index is 0.338. The molecule has 1 fully saturated rings. The van der Waals surface area contributed by atoms with Crippen molar-refractivity contribution in [3.8, 4) is 11.3 Å². The van der Waals surface area contributed by atoms with Gasteiger partial charge in [0, 0.05) is 29.8 Å². The highest BCUT2D eigenvalue weighted by Crippen LogP contribution is 2.26. The fraction of sp³-hybridized carbons (Fsp3) is 0.273. The third-order valence-corrected chi connectivity index (χ3v) is 4.54. The maximum Gasteiger partial charge on any atom is 0.135 e. The van der Waals surface area contributed by atoms with Crippen molar-refractivity contribution >= 4 is 5.82 Å². The third-order valence-electron chi connectivity index (χ3n) is 4.54. The molecule has 1 unspecified atom stereocenters. The molecule has 0 bridgehead atoms. The first-order valence-corrected chi connectivity index (χ1v) is 9.08. The molecular formula is C22H26N4. The Labute approximate surface area is 155 Å². The van der Waals surface area contributed by atoms with Crippen molar-refractivity contribution in [3.05, 3.63) is 78.8 Å². The lowest BCUT2D eigenvalue weighted by atomic mass is 9.98. The van der Waals surface area contributed by atoms with E-state index in [2.05, 4.69) is 55.0 Å². The topological polar surface area (TPSA) is 49.8 Å². The van der Waals surface area contributed by atoms with E-state index < -0.39 is 0 Å². The van der Waals surface area contributed by atoms with Gasteiger partial charge >= 0.3 is 0 Å². The van der Waals surface area contributed by atoms with E-state index in [-0.39, 0.29) is 0 Å². The molecule has 1 aliphatic heterocycles. The van der Waals surface area contributed by atoms with Crippen LogP contribution >= 0.6 is 0 Å². The zero-order valence-electron chi connectivity index (χ0n) is 15.3. The SMILES string of the molecule is C=C/C=C(\C=C)Nc1cc(-c2ccc(C)cc2)nc(C2CCCNC2)n1. The number of nitrogens with one attached hydrogen (secondary N) is 2. The van der Waals surface area contributed by atoms with Crippen molar-refractivity contribution in [2.75, 3.05) is 18.4 Å². The molecule has 1 saturated heterocycles. The van der Waals surface area contributed by atoms with Gasteiger partial charge in [0.2, 0.25) is 0 Å². The summed E-state index contributed by atoms with van der Waals surface area (Å²) in [5.41, 5.74) is 4.13. The summed E-state index contributed by atoms with van der Waals surface area (Å²) < 4.78 is 0. The van der Waals surface area contributed by atoms with Crippen molar-refractivity contribution in [1.82, 2.24) is 15.3 Å². The number of anilines is 1. The highest BCUT2D eigenvalue weighted by Gasteiger charge is 2.19. The first-order valence-electron chi connectivity index (χ1n) is 9.08. The van der Waals surface area contributed by atoms with Crippen LogP contribution in [0.2, 0.25) is 0 Å². The average Bonchev–Trinajstić information content (AvgIpc) is 2.68. The molecule has 4 nitrogen and oxygen atoms in total. The third kappa shape index (κ3) is 4.46. The summed E-state index contributed by atoms with van der Waals surface area (Å²) in [5.74, 6) is 2.01. The number of rotatable bonds is 6. The number of aryl methyl sites for hydroxylation is 1. The molecule has 0 aliphatic carbocycles. The molecule has 134 valence electrons. The van der Waals surface area contributed by atoms with Crippen molar-refractivity contribution in [2.24, 2.45) is 0 Å². The highest BCUT2D eigenvalue weighted by atomic mass is 15.0. The molecule has 26 heavy (non-hydrogen) atoms. The molecule has 0 spiro atoms. The highest BCUT2D eigenvalue weighted by molar-refractivity contribution is 5.64. The number of aromatic nitrogens is 2. The molecule has 4 heteroatoms. The van der Waals surface area contributed by atoms with E-state index in [1.165, 1.54) is 5.56 Å². The number of piperidine rings is 1. The lowest BCUT2D eigenvalue weighted by Gasteiger charge is -2.22. The Kier molecular flexibility index (Phi) is 5.97. The molecule has 1 aromatic carbocycles. The van der Waals surface area contributed by atoms with Crippen LogP contribution in [0.4, 0.5) is 5.82 Å². The van der Waals surface area contributed by atoms with Gasteiger partial charge in [-0.2, -0.15) is 0 Å². The Bertz CT molecular complexity index is 799. The van der Waals surface area contributed by atoms with Gasteiger partial charge in [-0.25, -0.2) is 9.97 Å². The van der Waals surface area contributed by atoms with Gasteiger partial charge in [-0.1, -0.05) is 49.1 Å². The standard InChI is InChI=1S/C22H26N4/c1-4-7-19(5-2)24-21-14-20(17-11-9-16(3)10-12-17)25-22(26-21)18-8-6-13-23-15-18/h4-5,7,9-12,14,18,23H,1-2,6,8,13,15H2,3H3,(H,24,25,26)/b19-7+. The summed E-state index contributed by atoms with van der Waals surface area (Å²) in [6, 6.07) is 10.4. The van der Waals surface area contributed by atoms with Gasteiger partial charge in [-0.05, 0) is 38.5 Å². The minimum atomic E-state index is 0.338. The minimum Gasteiger partial charge on any atom is -0.340 e. The Morgan fingerprint density at radius 3 is 2.69 bits per heavy atom. The Hall–Kier alpha value is -2.72. The second kappa shape index (κ2) is 8.59. The lowest BCUT2D eigenvalue weighted by Crippen LogP contribution is -2.29. The average molecular weight is 346 g/mol. The first-order chi connectivity index (χ1) is 12.7. The van der Waals surface area contributed by atoms with Crippen LogP contribution in [0.5, 0.6) is 0 Å². The summed E-state index contributed by atoms with van der Waals surface area (Å²) in [5, 5.41) is 6.78. The van der Waals surface area contributed by atoms with Crippen molar-refractivity contribution < 1.29 is 0 Å². The van der Waals surface area contributed by atoms with E-state index in [9.17, 15) is 0 Å². The Balaban J connectivity index is 2.00. The Morgan fingerprint density at radius 2 is 2.04 bits per heavy atom. The van der Waals surface area contributed by atoms with E-state index in [4.69, 9.17) is 9.97 Å². The van der Waals surface area contributed by atoms with Gasteiger partial charge in [0.1, 0.15) is 11.6 Å². The molecular weight excluding hydrogens is 320 g/mol. The van der Waals surface area contributed by atoms with Crippen LogP contribution in [0.25, 0.3) is 11.3 Å². The zero-order chi connectivity index (χ0) is 18.4. The van der Waals surface area contributed by atoms with Crippen molar-refractivity contribution in [3.63, 3.8) is 0 Å². The molecule has 1 aromatic heterocycles. The molecule has 0 radical (unpaired) electrons. The number of allylic oxidation sites excluding steroid dienone is 3. The van der Waals surface area contributed by atoms with E-state index in [0.29, 0.717) is 5.92 Å². The smallest absolute Gasteiger partial charge is 0.135 e. The van der Waals surface area contributed by atoms with Crippen molar-refractivity contribution in [1.29, 1.82) is 0 Å². The van der Waals surface area contributed by atoms with Gasteiger partial charge in [0.15, 0.2) is 0 Å². The van der Waals surface area contributed by atoms with Gasteiger partial charge in [0.25, 0.3) is 0 Å². The zero-order valence-corrected chi connectivity index (χ0v) is 15.3. The van der Waals surface area contributed by atoms with Crippen LogP contribution in [-0.2, 0) is 0 Å². The fourth-order valence-electron chi connectivity index (χ4n) is 3.09. The second-order valence-corrected chi connectivity index (χ2v) is 6.59.